The number of aryl methyl sites for hydroxylation is 1. The van der Waals surface area contributed by atoms with Gasteiger partial charge in [-0.3, -0.25) is 9.48 Å². The topological polar surface area (TPSA) is 124 Å². The molecule has 0 saturated heterocycles. The minimum absolute atomic E-state index is 0.0200. The number of carbonyl (C=O) groups is 1. The lowest BCUT2D eigenvalue weighted by atomic mass is 10.1. The third-order valence-electron chi connectivity index (χ3n) is 4.84. The summed E-state index contributed by atoms with van der Waals surface area (Å²) in [5.41, 5.74) is 13.0. The van der Waals surface area contributed by atoms with E-state index in [2.05, 4.69) is 20.7 Å². The van der Waals surface area contributed by atoms with E-state index < -0.39 is 11.7 Å². The van der Waals surface area contributed by atoms with Crippen LogP contribution in [0.4, 0.5) is 21.7 Å². The van der Waals surface area contributed by atoms with Gasteiger partial charge in [0.05, 0.1) is 23.0 Å². The number of halogens is 1. The number of nitrogens with one attached hydrogen (secondary N) is 2. The quantitative estimate of drug-likeness (QED) is 0.462. The van der Waals surface area contributed by atoms with E-state index in [1.165, 1.54) is 0 Å². The summed E-state index contributed by atoms with van der Waals surface area (Å²) in [7, 11) is 1.83. The van der Waals surface area contributed by atoms with Crippen LogP contribution in [0.25, 0.3) is 10.9 Å². The van der Waals surface area contributed by atoms with Gasteiger partial charge in [-0.25, -0.2) is 9.37 Å². The summed E-state index contributed by atoms with van der Waals surface area (Å²) in [6.45, 7) is 3.88. The average molecular weight is 399 g/mol. The summed E-state index contributed by atoms with van der Waals surface area (Å²) in [6, 6.07) is 6.34. The van der Waals surface area contributed by atoms with Crippen LogP contribution in [0.3, 0.4) is 0 Å². The fourth-order valence-corrected chi connectivity index (χ4v) is 3.24. The fraction of sp³-hybridized carbons (Fsp3) is 0.350. The Hall–Kier alpha value is -3.20. The van der Waals surface area contributed by atoms with E-state index in [4.69, 9.17) is 11.5 Å². The molecule has 8 nitrogen and oxygen atoms in total. The van der Waals surface area contributed by atoms with Gasteiger partial charge in [-0.05, 0) is 31.5 Å². The first-order valence-electron chi connectivity index (χ1n) is 9.52. The SMILES string of the molecule is CCC[C@@H](Nc1nc(Nc2cccc3c2cnn3C)c(C(N)=O)cc1F)[C@H](C)N. The number of anilines is 3. The van der Waals surface area contributed by atoms with Crippen molar-refractivity contribution in [2.24, 2.45) is 18.5 Å². The van der Waals surface area contributed by atoms with Gasteiger partial charge in [0, 0.05) is 24.5 Å². The van der Waals surface area contributed by atoms with Crippen LogP contribution in [0.15, 0.2) is 30.5 Å². The summed E-state index contributed by atoms with van der Waals surface area (Å²) in [6.07, 6.45) is 3.35. The number of hydrogen-bond donors (Lipinski definition) is 4. The van der Waals surface area contributed by atoms with Crippen molar-refractivity contribution in [2.75, 3.05) is 10.6 Å². The van der Waals surface area contributed by atoms with E-state index >= 15 is 0 Å². The summed E-state index contributed by atoms with van der Waals surface area (Å²) < 4.78 is 16.4. The Morgan fingerprint density at radius 2 is 2.10 bits per heavy atom. The molecule has 0 aliphatic rings. The standard InChI is InChI=1S/C20H26FN7O/c1-4-6-15(11(2)22)25-20-14(21)9-12(18(23)29)19(27-20)26-16-7-5-8-17-13(16)10-24-28(17)3/h5,7-11,15H,4,6,22H2,1-3H3,(H2,23,29)(H2,25,26,27)/t11-,15+/m0/s1. The van der Waals surface area contributed by atoms with Crippen LogP contribution < -0.4 is 22.1 Å². The van der Waals surface area contributed by atoms with Crippen LogP contribution in [0.5, 0.6) is 0 Å². The van der Waals surface area contributed by atoms with Crippen molar-refractivity contribution >= 4 is 34.1 Å². The first-order valence-corrected chi connectivity index (χ1v) is 9.52. The fourth-order valence-electron chi connectivity index (χ4n) is 3.24. The van der Waals surface area contributed by atoms with Crippen LogP contribution in [-0.4, -0.2) is 32.8 Å². The molecule has 0 radical (unpaired) electrons. The zero-order valence-corrected chi connectivity index (χ0v) is 16.7. The molecule has 0 unspecified atom stereocenters. The Bertz CT molecular complexity index is 1030. The van der Waals surface area contributed by atoms with Crippen LogP contribution in [-0.2, 0) is 7.05 Å². The van der Waals surface area contributed by atoms with Crippen molar-refractivity contribution < 1.29 is 9.18 Å². The van der Waals surface area contributed by atoms with Crippen LogP contribution >= 0.6 is 0 Å². The molecule has 3 aromatic rings. The van der Waals surface area contributed by atoms with Gasteiger partial charge in [-0.2, -0.15) is 5.10 Å². The lowest BCUT2D eigenvalue weighted by Crippen LogP contribution is -2.38. The van der Waals surface area contributed by atoms with Gasteiger partial charge in [0.25, 0.3) is 5.91 Å². The molecule has 154 valence electrons. The van der Waals surface area contributed by atoms with Gasteiger partial charge >= 0.3 is 0 Å². The molecule has 0 aliphatic heterocycles. The van der Waals surface area contributed by atoms with Crippen LogP contribution in [0, 0.1) is 5.82 Å². The Balaban J connectivity index is 2.03. The van der Waals surface area contributed by atoms with E-state index in [-0.39, 0.29) is 29.3 Å². The van der Waals surface area contributed by atoms with Crippen molar-refractivity contribution in [2.45, 2.75) is 38.8 Å². The van der Waals surface area contributed by atoms with Crippen LogP contribution in [0.2, 0.25) is 0 Å². The molecule has 2 aromatic heterocycles. The maximum Gasteiger partial charge on any atom is 0.252 e. The van der Waals surface area contributed by atoms with E-state index in [1.807, 2.05) is 39.1 Å². The van der Waals surface area contributed by atoms with Gasteiger partial charge in [0.1, 0.15) is 5.82 Å². The molecular weight excluding hydrogens is 373 g/mol. The Kier molecular flexibility index (Phi) is 5.97. The molecule has 2 atom stereocenters. The number of fused-ring (bicyclic) bond motifs is 1. The number of carbonyl (C=O) groups excluding carboxylic acids is 1. The summed E-state index contributed by atoms with van der Waals surface area (Å²) in [4.78, 5) is 16.2. The zero-order chi connectivity index (χ0) is 21.1. The third kappa shape index (κ3) is 4.29. The molecule has 1 amide bonds. The monoisotopic (exact) mass is 399 g/mol. The predicted molar refractivity (Wildman–Crippen MR) is 113 cm³/mol. The molecule has 2 heterocycles. The molecule has 0 spiro atoms. The number of rotatable bonds is 8. The summed E-state index contributed by atoms with van der Waals surface area (Å²) in [5, 5.41) is 11.3. The number of pyridine rings is 1. The number of nitrogens with two attached hydrogens (primary N) is 2. The number of aromatic nitrogens is 3. The van der Waals surface area contributed by atoms with Gasteiger partial charge in [0.15, 0.2) is 11.6 Å². The molecule has 3 rings (SSSR count). The second-order valence-electron chi connectivity index (χ2n) is 7.11. The first kappa shape index (κ1) is 20.5. The maximum absolute atomic E-state index is 14.6. The molecule has 29 heavy (non-hydrogen) atoms. The second kappa shape index (κ2) is 8.44. The van der Waals surface area contributed by atoms with E-state index in [0.29, 0.717) is 5.69 Å². The second-order valence-corrected chi connectivity index (χ2v) is 7.11. The van der Waals surface area contributed by atoms with Crippen molar-refractivity contribution in [1.82, 2.24) is 14.8 Å². The average Bonchev–Trinajstić information content (AvgIpc) is 3.05. The van der Waals surface area contributed by atoms with E-state index in [9.17, 15) is 9.18 Å². The zero-order valence-electron chi connectivity index (χ0n) is 16.7. The van der Waals surface area contributed by atoms with Crippen LogP contribution in [0.1, 0.15) is 37.0 Å². The molecule has 0 saturated carbocycles. The Morgan fingerprint density at radius 1 is 1.34 bits per heavy atom. The highest BCUT2D eigenvalue weighted by atomic mass is 19.1. The van der Waals surface area contributed by atoms with Gasteiger partial charge in [-0.15, -0.1) is 0 Å². The molecule has 6 N–H and O–H groups in total. The largest absolute Gasteiger partial charge is 0.365 e. The van der Waals surface area contributed by atoms with Crippen molar-refractivity contribution in [3.05, 3.63) is 41.8 Å². The number of primary amides is 1. The normalized spacial score (nSPS) is 13.3. The van der Waals surface area contributed by atoms with E-state index in [1.54, 1.807) is 10.9 Å². The smallest absolute Gasteiger partial charge is 0.252 e. The number of nitrogens with zero attached hydrogens (tertiary/aromatic N) is 3. The lowest BCUT2D eigenvalue weighted by Gasteiger charge is -2.23. The van der Waals surface area contributed by atoms with Gasteiger partial charge in [0.2, 0.25) is 0 Å². The van der Waals surface area contributed by atoms with Crippen molar-refractivity contribution in [1.29, 1.82) is 0 Å². The van der Waals surface area contributed by atoms with E-state index in [0.717, 1.165) is 29.8 Å². The molecule has 1 aromatic carbocycles. The minimum atomic E-state index is -0.777. The van der Waals surface area contributed by atoms with Gasteiger partial charge < -0.3 is 22.1 Å². The maximum atomic E-state index is 14.6. The summed E-state index contributed by atoms with van der Waals surface area (Å²) in [5.74, 6) is -1.25. The summed E-state index contributed by atoms with van der Waals surface area (Å²) >= 11 is 0. The highest BCUT2D eigenvalue weighted by Crippen LogP contribution is 2.29. The molecule has 0 bridgehead atoms. The predicted octanol–water partition coefficient (Wildman–Crippen LogP) is 2.88. The first-order chi connectivity index (χ1) is 13.8. The third-order valence-corrected chi connectivity index (χ3v) is 4.84. The van der Waals surface area contributed by atoms with Gasteiger partial charge in [-0.1, -0.05) is 19.4 Å². The number of benzene rings is 1. The minimum Gasteiger partial charge on any atom is -0.365 e. The molecule has 0 aliphatic carbocycles. The highest BCUT2D eigenvalue weighted by molar-refractivity contribution is 6.00. The molecule has 0 fully saturated rings. The van der Waals surface area contributed by atoms with Crippen molar-refractivity contribution in [3.63, 3.8) is 0 Å². The number of amides is 1. The highest BCUT2D eigenvalue weighted by Gasteiger charge is 2.20. The molecular formula is C20H26FN7O. The van der Waals surface area contributed by atoms with Crippen molar-refractivity contribution in [3.8, 4) is 0 Å². The Morgan fingerprint density at radius 3 is 2.76 bits per heavy atom. The Labute approximate surface area is 168 Å². The lowest BCUT2D eigenvalue weighted by molar-refractivity contribution is 0.100. The molecule has 9 heteroatoms. The number of hydrogen-bond acceptors (Lipinski definition) is 6.